The van der Waals surface area contributed by atoms with E-state index in [2.05, 4.69) is 10.6 Å². The predicted molar refractivity (Wildman–Crippen MR) is 79.2 cm³/mol. The number of rotatable bonds is 5. The molecular formula is C15H22N2O4. The Hall–Kier alpha value is -2.24. The van der Waals surface area contributed by atoms with Crippen LogP contribution in [0.15, 0.2) is 24.3 Å². The van der Waals surface area contributed by atoms with Crippen LogP contribution in [0.3, 0.4) is 0 Å². The van der Waals surface area contributed by atoms with E-state index in [1.165, 1.54) is 0 Å². The molecule has 0 fully saturated rings. The van der Waals surface area contributed by atoms with Crippen molar-refractivity contribution >= 4 is 12.0 Å². The number of nitrogens with one attached hydrogen (secondary N) is 2. The molecule has 116 valence electrons. The number of carbonyl (C=O) groups excluding carboxylic acids is 1. The van der Waals surface area contributed by atoms with Crippen LogP contribution in [-0.2, 0) is 11.3 Å². The summed E-state index contributed by atoms with van der Waals surface area (Å²) >= 11 is 0. The van der Waals surface area contributed by atoms with Gasteiger partial charge < -0.3 is 20.5 Å². The van der Waals surface area contributed by atoms with Crippen LogP contribution in [-0.4, -0.2) is 30.3 Å². The molecular weight excluding hydrogens is 272 g/mol. The zero-order valence-electron chi connectivity index (χ0n) is 12.8. The van der Waals surface area contributed by atoms with Crippen LogP contribution in [0.2, 0.25) is 0 Å². The number of carboxylic acid groups (broad SMARTS) is 1. The summed E-state index contributed by atoms with van der Waals surface area (Å²) in [6, 6.07) is 5.81. The molecule has 1 atom stereocenters. The number of methoxy groups -OCH3 is 1. The van der Waals surface area contributed by atoms with E-state index in [1.807, 2.05) is 18.2 Å². The predicted octanol–water partition coefficient (Wildman–Crippen LogP) is 1.99. The SMILES string of the molecule is COc1ccccc1CNC(=O)N[C@H](C(=O)O)C(C)(C)C. The highest BCUT2D eigenvalue weighted by molar-refractivity contribution is 5.83. The minimum Gasteiger partial charge on any atom is -0.496 e. The largest absolute Gasteiger partial charge is 0.496 e. The molecule has 0 heterocycles. The molecule has 0 aliphatic rings. The third-order valence-corrected chi connectivity index (χ3v) is 3.02. The van der Waals surface area contributed by atoms with Crippen LogP contribution in [0, 0.1) is 5.41 Å². The van der Waals surface area contributed by atoms with Crippen molar-refractivity contribution in [3.05, 3.63) is 29.8 Å². The highest BCUT2D eigenvalue weighted by Crippen LogP contribution is 2.19. The minimum absolute atomic E-state index is 0.256. The highest BCUT2D eigenvalue weighted by atomic mass is 16.5. The molecule has 0 bridgehead atoms. The Labute approximate surface area is 124 Å². The van der Waals surface area contributed by atoms with Crippen LogP contribution in [0.5, 0.6) is 5.75 Å². The van der Waals surface area contributed by atoms with Gasteiger partial charge in [0.2, 0.25) is 0 Å². The van der Waals surface area contributed by atoms with Gasteiger partial charge in [-0.15, -0.1) is 0 Å². The monoisotopic (exact) mass is 294 g/mol. The van der Waals surface area contributed by atoms with E-state index in [0.29, 0.717) is 5.75 Å². The number of hydrogen-bond acceptors (Lipinski definition) is 3. The molecule has 0 aliphatic carbocycles. The van der Waals surface area contributed by atoms with E-state index in [4.69, 9.17) is 9.84 Å². The van der Waals surface area contributed by atoms with Gasteiger partial charge in [-0.05, 0) is 11.5 Å². The normalized spacial score (nSPS) is 12.4. The molecule has 6 heteroatoms. The summed E-state index contributed by atoms with van der Waals surface area (Å²) in [5, 5.41) is 14.3. The third-order valence-electron chi connectivity index (χ3n) is 3.02. The molecule has 1 aromatic carbocycles. The van der Waals surface area contributed by atoms with Crippen molar-refractivity contribution < 1.29 is 19.4 Å². The fourth-order valence-electron chi connectivity index (χ4n) is 1.86. The summed E-state index contributed by atoms with van der Waals surface area (Å²) in [5.41, 5.74) is 0.242. The summed E-state index contributed by atoms with van der Waals surface area (Å²) in [6.07, 6.45) is 0. The van der Waals surface area contributed by atoms with Crippen molar-refractivity contribution in [2.75, 3.05) is 7.11 Å². The Morgan fingerprint density at radius 3 is 2.43 bits per heavy atom. The van der Waals surface area contributed by atoms with Gasteiger partial charge in [0.1, 0.15) is 11.8 Å². The molecule has 0 aromatic heterocycles. The van der Waals surface area contributed by atoms with E-state index < -0.39 is 23.5 Å². The van der Waals surface area contributed by atoms with Crippen LogP contribution in [0.1, 0.15) is 26.3 Å². The molecule has 0 unspecified atom stereocenters. The number of urea groups is 1. The summed E-state index contributed by atoms with van der Waals surface area (Å²) in [5.74, 6) is -0.390. The quantitative estimate of drug-likeness (QED) is 0.775. The standard InChI is InChI=1S/C15H22N2O4/c1-15(2,3)12(13(18)19)17-14(20)16-9-10-7-5-6-8-11(10)21-4/h5-8,12H,9H2,1-4H3,(H,18,19)(H2,16,17,20)/t12-/m1/s1. The van der Waals surface area contributed by atoms with Crippen LogP contribution in [0.4, 0.5) is 4.79 Å². The van der Waals surface area contributed by atoms with Gasteiger partial charge in [-0.3, -0.25) is 0 Å². The van der Waals surface area contributed by atoms with Gasteiger partial charge in [0.05, 0.1) is 7.11 Å². The van der Waals surface area contributed by atoms with Crippen molar-refractivity contribution in [3.8, 4) is 5.75 Å². The molecule has 0 aliphatic heterocycles. The van der Waals surface area contributed by atoms with E-state index in [-0.39, 0.29) is 6.54 Å². The van der Waals surface area contributed by atoms with Gasteiger partial charge in [0, 0.05) is 12.1 Å². The molecule has 6 nitrogen and oxygen atoms in total. The van der Waals surface area contributed by atoms with Gasteiger partial charge >= 0.3 is 12.0 Å². The van der Waals surface area contributed by atoms with Gasteiger partial charge in [0.25, 0.3) is 0 Å². The Kier molecular flexibility index (Phi) is 5.58. The second kappa shape index (κ2) is 6.97. The molecule has 0 spiro atoms. The van der Waals surface area contributed by atoms with Gasteiger partial charge in [-0.25, -0.2) is 9.59 Å². The average Bonchev–Trinajstić information content (AvgIpc) is 2.41. The van der Waals surface area contributed by atoms with Gasteiger partial charge in [-0.2, -0.15) is 0 Å². The fourth-order valence-corrected chi connectivity index (χ4v) is 1.86. The summed E-state index contributed by atoms with van der Waals surface area (Å²) < 4.78 is 5.19. The summed E-state index contributed by atoms with van der Waals surface area (Å²) in [6.45, 7) is 5.53. The van der Waals surface area contributed by atoms with E-state index in [0.717, 1.165) is 5.56 Å². The Bertz CT molecular complexity index is 509. The smallest absolute Gasteiger partial charge is 0.326 e. The lowest BCUT2D eigenvalue weighted by Gasteiger charge is -2.27. The summed E-state index contributed by atoms with van der Waals surface area (Å²) in [7, 11) is 1.55. The third kappa shape index (κ3) is 4.98. The molecule has 2 amide bonds. The fraction of sp³-hybridized carbons (Fsp3) is 0.467. The zero-order chi connectivity index (χ0) is 16.0. The molecule has 21 heavy (non-hydrogen) atoms. The first-order valence-corrected chi connectivity index (χ1v) is 6.64. The minimum atomic E-state index is -1.06. The molecule has 1 aromatic rings. The Morgan fingerprint density at radius 2 is 1.90 bits per heavy atom. The molecule has 1 rings (SSSR count). The number of carbonyl (C=O) groups is 2. The topological polar surface area (TPSA) is 87.7 Å². The average molecular weight is 294 g/mol. The number of benzene rings is 1. The van der Waals surface area contributed by atoms with Crippen molar-refractivity contribution in [1.82, 2.24) is 10.6 Å². The van der Waals surface area contributed by atoms with Crippen molar-refractivity contribution in [1.29, 1.82) is 0 Å². The second-order valence-electron chi connectivity index (χ2n) is 5.78. The second-order valence-corrected chi connectivity index (χ2v) is 5.78. The van der Waals surface area contributed by atoms with Crippen molar-refractivity contribution in [2.24, 2.45) is 5.41 Å². The zero-order valence-corrected chi connectivity index (χ0v) is 12.8. The van der Waals surface area contributed by atoms with Crippen LogP contribution in [0.25, 0.3) is 0 Å². The van der Waals surface area contributed by atoms with Gasteiger partial charge in [-0.1, -0.05) is 39.0 Å². The number of para-hydroxylation sites is 1. The first kappa shape index (κ1) is 16.8. The molecule has 3 N–H and O–H groups in total. The van der Waals surface area contributed by atoms with Crippen molar-refractivity contribution in [3.63, 3.8) is 0 Å². The van der Waals surface area contributed by atoms with Crippen molar-refractivity contribution in [2.45, 2.75) is 33.4 Å². The first-order valence-electron chi connectivity index (χ1n) is 6.64. The Balaban J connectivity index is 2.63. The summed E-state index contributed by atoms with van der Waals surface area (Å²) in [4.78, 5) is 23.0. The Morgan fingerprint density at radius 1 is 1.29 bits per heavy atom. The number of amides is 2. The maximum atomic E-state index is 11.9. The maximum Gasteiger partial charge on any atom is 0.326 e. The van der Waals surface area contributed by atoms with E-state index in [9.17, 15) is 9.59 Å². The van der Waals surface area contributed by atoms with E-state index >= 15 is 0 Å². The van der Waals surface area contributed by atoms with Crippen LogP contribution >= 0.6 is 0 Å². The van der Waals surface area contributed by atoms with Gasteiger partial charge in [0.15, 0.2) is 0 Å². The molecule has 0 radical (unpaired) electrons. The lowest BCUT2D eigenvalue weighted by atomic mass is 9.87. The number of aliphatic carboxylic acids is 1. The molecule has 0 saturated carbocycles. The highest BCUT2D eigenvalue weighted by Gasteiger charge is 2.32. The lowest BCUT2D eigenvalue weighted by molar-refractivity contribution is -0.141. The number of carboxylic acids is 1. The lowest BCUT2D eigenvalue weighted by Crippen LogP contribution is -2.52. The molecule has 0 saturated heterocycles. The van der Waals surface area contributed by atoms with E-state index in [1.54, 1.807) is 33.9 Å². The maximum absolute atomic E-state index is 11.9. The van der Waals surface area contributed by atoms with Crippen LogP contribution < -0.4 is 15.4 Å². The first-order chi connectivity index (χ1) is 9.75. The number of ether oxygens (including phenoxy) is 1. The number of hydrogen-bond donors (Lipinski definition) is 3.